The normalized spacial score (nSPS) is 16.9. The van der Waals surface area contributed by atoms with Gasteiger partial charge in [0.1, 0.15) is 0 Å². The van der Waals surface area contributed by atoms with E-state index in [2.05, 4.69) is 19.9 Å². The summed E-state index contributed by atoms with van der Waals surface area (Å²) in [5.41, 5.74) is 2.45. The van der Waals surface area contributed by atoms with Gasteiger partial charge in [0, 0.05) is 12.6 Å². The fraction of sp³-hybridized carbons (Fsp3) is 0.562. The van der Waals surface area contributed by atoms with Crippen LogP contribution in [0, 0.1) is 0 Å². The van der Waals surface area contributed by atoms with E-state index in [-0.39, 0.29) is 24.5 Å². The number of amides is 1. The van der Waals surface area contributed by atoms with Crippen LogP contribution in [0.3, 0.4) is 0 Å². The molecule has 3 heteroatoms. The number of hydrogen-bond donors (Lipinski definition) is 1. The van der Waals surface area contributed by atoms with Crippen molar-refractivity contribution in [1.29, 1.82) is 0 Å². The van der Waals surface area contributed by atoms with Gasteiger partial charge in [0.2, 0.25) is 5.91 Å². The Labute approximate surface area is 115 Å². The molecule has 0 heterocycles. The quantitative estimate of drug-likeness (QED) is 0.854. The highest BCUT2D eigenvalue weighted by atomic mass is 16.3. The highest BCUT2D eigenvalue weighted by Crippen LogP contribution is 2.36. The van der Waals surface area contributed by atoms with E-state index in [0.717, 1.165) is 19.3 Å². The van der Waals surface area contributed by atoms with E-state index < -0.39 is 0 Å². The number of benzene rings is 1. The van der Waals surface area contributed by atoms with Gasteiger partial charge in [-0.05, 0) is 30.4 Å². The first-order valence-corrected chi connectivity index (χ1v) is 7.22. The van der Waals surface area contributed by atoms with Crippen LogP contribution in [0.5, 0.6) is 0 Å². The lowest BCUT2D eigenvalue weighted by atomic mass is 9.76. The SMILES string of the molecule is CCC(CC)N(CCO)C(=O)C1Cc2ccccc21. The summed E-state index contributed by atoms with van der Waals surface area (Å²) in [5.74, 6) is 0.185. The number of fused-ring (bicyclic) bond motifs is 1. The van der Waals surface area contributed by atoms with Gasteiger partial charge >= 0.3 is 0 Å². The van der Waals surface area contributed by atoms with Crippen molar-refractivity contribution in [2.75, 3.05) is 13.2 Å². The van der Waals surface area contributed by atoms with Crippen molar-refractivity contribution in [3.63, 3.8) is 0 Å². The highest BCUT2D eigenvalue weighted by molar-refractivity contribution is 5.87. The Kier molecular flexibility index (Phi) is 4.59. The number of aliphatic hydroxyl groups excluding tert-OH is 1. The van der Waals surface area contributed by atoms with Gasteiger partial charge in [-0.3, -0.25) is 4.79 Å². The molecule has 0 saturated carbocycles. The van der Waals surface area contributed by atoms with Crippen LogP contribution in [0.2, 0.25) is 0 Å². The van der Waals surface area contributed by atoms with Gasteiger partial charge in [0.15, 0.2) is 0 Å². The van der Waals surface area contributed by atoms with E-state index >= 15 is 0 Å². The Hall–Kier alpha value is -1.35. The molecule has 1 amide bonds. The lowest BCUT2D eigenvalue weighted by molar-refractivity contribution is -0.136. The third kappa shape index (κ3) is 2.66. The molecule has 2 rings (SSSR count). The monoisotopic (exact) mass is 261 g/mol. The van der Waals surface area contributed by atoms with Crippen molar-refractivity contribution in [2.45, 2.75) is 45.1 Å². The fourth-order valence-corrected chi connectivity index (χ4v) is 2.99. The van der Waals surface area contributed by atoms with E-state index in [9.17, 15) is 9.90 Å². The Morgan fingerprint density at radius 1 is 1.37 bits per heavy atom. The largest absolute Gasteiger partial charge is 0.395 e. The van der Waals surface area contributed by atoms with E-state index in [1.54, 1.807) is 0 Å². The number of nitrogens with zero attached hydrogens (tertiary/aromatic N) is 1. The lowest BCUT2D eigenvalue weighted by Gasteiger charge is -2.37. The second-order valence-electron chi connectivity index (χ2n) is 5.18. The summed E-state index contributed by atoms with van der Waals surface area (Å²) in [6.45, 7) is 4.68. The van der Waals surface area contributed by atoms with Gasteiger partial charge in [0.05, 0.1) is 12.5 Å². The van der Waals surface area contributed by atoms with Crippen molar-refractivity contribution in [3.05, 3.63) is 35.4 Å². The first-order chi connectivity index (χ1) is 9.22. The molecule has 1 aromatic rings. The van der Waals surface area contributed by atoms with Crippen LogP contribution in [0.15, 0.2) is 24.3 Å². The standard InChI is InChI=1S/C16H23NO2/c1-3-13(4-2)17(9-10-18)16(19)15-11-12-7-5-6-8-14(12)15/h5-8,13,15,18H,3-4,9-11H2,1-2H3. The Morgan fingerprint density at radius 2 is 2.05 bits per heavy atom. The molecule has 19 heavy (non-hydrogen) atoms. The molecule has 1 aromatic carbocycles. The summed E-state index contributed by atoms with van der Waals surface area (Å²) >= 11 is 0. The lowest BCUT2D eigenvalue weighted by Crippen LogP contribution is -2.46. The maximum atomic E-state index is 12.7. The van der Waals surface area contributed by atoms with E-state index in [1.807, 2.05) is 23.1 Å². The molecule has 0 bridgehead atoms. The summed E-state index contributed by atoms with van der Waals surface area (Å²) in [5, 5.41) is 9.20. The summed E-state index contributed by atoms with van der Waals surface area (Å²) in [7, 11) is 0. The van der Waals surface area contributed by atoms with Crippen molar-refractivity contribution >= 4 is 5.91 Å². The zero-order valence-corrected chi connectivity index (χ0v) is 11.8. The van der Waals surface area contributed by atoms with Gasteiger partial charge in [-0.1, -0.05) is 38.1 Å². The smallest absolute Gasteiger partial charge is 0.230 e. The first kappa shape index (κ1) is 14.1. The molecule has 1 aliphatic carbocycles. The van der Waals surface area contributed by atoms with E-state index in [4.69, 9.17) is 0 Å². The predicted molar refractivity (Wildman–Crippen MR) is 76.1 cm³/mol. The molecule has 1 unspecified atom stereocenters. The summed E-state index contributed by atoms with van der Waals surface area (Å²) in [6, 6.07) is 8.39. The fourth-order valence-electron chi connectivity index (χ4n) is 2.99. The van der Waals surface area contributed by atoms with Crippen LogP contribution >= 0.6 is 0 Å². The van der Waals surface area contributed by atoms with Gasteiger partial charge in [-0.15, -0.1) is 0 Å². The summed E-state index contributed by atoms with van der Waals surface area (Å²) in [6.07, 6.45) is 2.73. The summed E-state index contributed by atoms with van der Waals surface area (Å²) < 4.78 is 0. The minimum atomic E-state index is 0.00310. The molecule has 104 valence electrons. The molecular weight excluding hydrogens is 238 g/mol. The molecule has 3 nitrogen and oxygen atoms in total. The average molecular weight is 261 g/mol. The van der Waals surface area contributed by atoms with Crippen LogP contribution in [-0.4, -0.2) is 35.1 Å². The van der Waals surface area contributed by atoms with Crippen molar-refractivity contribution in [3.8, 4) is 0 Å². The zero-order chi connectivity index (χ0) is 13.8. The first-order valence-electron chi connectivity index (χ1n) is 7.22. The third-order valence-corrected chi connectivity index (χ3v) is 4.16. The molecule has 0 spiro atoms. The van der Waals surface area contributed by atoms with Crippen LogP contribution in [0.4, 0.5) is 0 Å². The summed E-state index contributed by atoms with van der Waals surface area (Å²) in [4.78, 5) is 14.5. The third-order valence-electron chi connectivity index (χ3n) is 4.16. The molecular formula is C16H23NO2. The van der Waals surface area contributed by atoms with Crippen molar-refractivity contribution in [1.82, 2.24) is 4.90 Å². The highest BCUT2D eigenvalue weighted by Gasteiger charge is 2.36. The molecule has 0 aromatic heterocycles. The molecule has 0 saturated heterocycles. The number of carbonyl (C=O) groups is 1. The van der Waals surface area contributed by atoms with Crippen LogP contribution in [0.25, 0.3) is 0 Å². The predicted octanol–water partition coefficient (Wildman–Crippen LogP) is 2.34. The van der Waals surface area contributed by atoms with Crippen LogP contribution < -0.4 is 0 Å². The maximum absolute atomic E-state index is 12.7. The van der Waals surface area contributed by atoms with Crippen molar-refractivity contribution < 1.29 is 9.90 Å². The Bertz CT molecular complexity index is 440. The van der Waals surface area contributed by atoms with Gasteiger partial charge < -0.3 is 10.0 Å². The molecule has 0 radical (unpaired) electrons. The minimum Gasteiger partial charge on any atom is -0.395 e. The molecule has 0 aliphatic heterocycles. The molecule has 0 fully saturated rings. The van der Waals surface area contributed by atoms with Crippen LogP contribution in [-0.2, 0) is 11.2 Å². The van der Waals surface area contributed by atoms with Gasteiger partial charge in [-0.25, -0.2) is 0 Å². The zero-order valence-electron chi connectivity index (χ0n) is 11.8. The molecule has 1 N–H and O–H groups in total. The van der Waals surface area contributed by atoms with E-state index in [0.29, 0.717) is 6.54 Å². The number of carbonyl (C=O) groups excluding carboxylic acids is 1. The second-order valence-corrected chi connectivity index (χ2v) is 5.18. The maximum Gasteiger partial charge on any atom is 0.230 e. The van der Waals surface area contributed by atoms with Gasteiger partial charge in [-0.2, -0.15) is 0 Å². The van der Waals surface area contributed by atoms with Gasteiger partial charge in [0.25, 0.3) is 0 Å². The van der Waals surface area contributed by atoms with E-state index in [1.165, 1.54) is 11.1 Å². The topological polar surface area (TPSA) is 40.5 Å². The van der Waals surface area contributed by atoms with Crippen LogP contribution in [0.1, 0.15) is 43.7 Å². The second kappa shape index (κ2) is 6.20. The Balaban J connectivity index is 2.13. The number of hydrogen-bond acceptors (Lipinski definition) is 2. The molecule has 1 atom stereocenters. The number of rotatable bonds is 6. The Morgan fingerprint density at radius 3 is 2.63 bits per heavy atom. The molecule has 1 aliphatic rings. The number of aliphatic hydroxyl groups is 1. The average Bonchev–Trinajstić information content (AvgIpc) is 2.40. The minimum absolute atomic E-state index is 0.00310. The van der Waals surface area contributed by atoms with Crippen molar-refractivity contribution in [2.24, 2.45) is 0 Å².